The summed E-state index contributed by atoms with van der Waals surface area (Å²) in [7, 11) is 3.27. The van der Waals surface area contributed by atoms with Crippen LogP contribution < -0.4 is 10.1 Å². The standard InChI is InChI=1S/C15H25NO3/c1-15(2,7-8-18-3)11-16-10-12-5-6-14(19-4)13(17)9-12/h5-6,9,16-17H,7-8,10-11H2,1-4H3. The number of benzene rings is 1. The first-order chi connectivity index (χ1) is 8.98. The van der Waals surface area contributed by atoms with Gasteiger partial charge in [-0.1, -0.05) is 19.9 Å². The Morgan fingerprint density at radius 1 is 1.26 bits per heavy atom. The Morgan fingerprint density at radius 3 is 2.58 bits per heavy atom. The molecule has 0 bridgehead atoms. The fraction of sp³-hybridized carbons (Fsp3) is 0.600. The van der Waals surface area contributed by atoms with Crippen LogP contribution in [0.1, 0.15) is 25.8 Å². The van der Waals surface area contributed by atoms with Crippen LogP contribution in [0.5, 0.6) is 11.5 Å². The molecule has 0 heterocycles. The summed E-state index contributed by atoms with van der Waals surface area (Å²) in [6, 6.07) is 5.46. The molecule has 2 N–H and O–H groups in total. The number of phenols is 1. The highest BCUT2D eigenvalue weighted by Gasteiger charge is 2.16. The minimum atomic E-state index is 0.181. The van der Waals surface area contributed by atoms with Crippen LogP contribution in [0.15, 0.2) is 18.2 Å². The van der Waals surface area contributed by atoms with E-state index in [2.05, 4.69) is 19.2 Å². The molecule has 108 valence electrons. The first-order valence-corrected chi connectivity index (χ1v) is 6.54. The maximum absolute atomic E-state index is 9.70. The van der Waals surface area contributed by atoms with E-state index in [0.29, 0.717) is 5.75 Å². The number of aromatic hydroxyl groups is 1. The summed E-state index contributed by atoms with van der Waals surface area (Å²) in [6.07, 6.45) is 1.02. The van der Waals surface area contributed by atoms with Gasteiger partial charge in [-0.15, -0.1) is 0 Å². The third-order valence-corrected chi connectivity index (χ3v) is 3.16. The van der Waals surface area contributed by atoms with Crippen LogP contribution in [-0.2, 0) is 11.3 Å². The predicted octanol–water partition coefficient (Wildman–Crippen LogP) is 2.55. The molecule has 0 saturated carbocycles. The number of hydrogen-bond donors (Lipinski definition) is 2. The second-order valence-corrected chi connectivity index (χ2v) is 5.52. The second-order valence-electron chi connectivity index (χ2n) is 5.52. The molecule has 0 aliphatic rings. The number of methoxy groups -OCH3 is 2. The SMILES string of the molecule is COCCC(C)(C)CNCc1ccc(OC)c(O)c1. The molecule has 1 aromatic carbocycles. The van der Waals surface area contributed by atoms with Crippen molar-refractivity contribution in [2.45, 2.75) is 26.8 Å². The van der Waals surface area contributed by atoms with Crippen LogP contribution in [0.2, 0.25) is 0 Å². The summed E-state index contributed by atoms with van der Waals surface area (Å²) in [5.74, 6) is 0.685. The average molecular weight is 267 g/mol. The maximum Gasteiger partial charge on any atom is 0.160 e. The first-order valence-electron chi connectivity index (χ1n) is 6.54. The van der Waals surface area contributed by atoms with E-state index in [4.69, 9.17) is 9.47 Å². The summed E-state index contributed by atoms with van der Waals surface area (Å²) in [5.41, 5.74) is 1.24. The van der Waals surface area contributed by atoms with Crippen molar-refractivity contribution in [2.24, 2.45) is 5.41 Å². The molecule has 0 fully saturated rings. The van der Waals surface area contributed by atoms with Crippen molar-refractivity contribution in [3.63, 3.8) is 0 Å². The van der Waals surface area contributed by atoms with Crippen molar-refractivity contribution >= 4 is 0 Å². The molecule has 19 heavy (non-hydrogen) atoms. The molecule has 0 radical (unpaired) electrons. The monoisotopic (exact) mass is 267 g/mol. The number of nitrogens with one attached hydrogen (secondary N) is 1. The zero-order chi connectivity index (χ0) is 14.3. The lowest BCUT2D eigenvalue weighted by Gasteiger charge is -2.24. The Kier molecular flexibility index (Phi) is 6.12. The van der Waals surface area contributed by atoms with E-state index in [9.17, 15) is 5.11 Å². The van der Waals surface area contributed by atoms with E-state index in [1.807, 2.05) is 6.07 Å². The van der Waals surface area contributed by atoms with Gasteiger partial charge in [0.1, 0.15) is 0 Å². The average Bonchev–Trinajstić information content (AvgIpc) is 2.36. The lowest BCUT2D eigenvalue weighted by Crippen LogP contribution is -2.30. The van der Waals surface area contributed by atoms with Crippen LogP contribution >= 0.6 is 0 Å². The van der Waals surface area contributed by atoms with Crippen LogP contribution in [0.3, 0.4) is 0 Å². The quantitative estimate of drug-likeness (QED) is 0.760. The normalized spacial score (nSPS) is 11.6. The molecule has 0 aromatic heterocycles. The molecular formula is C15H25NO3. The smallest absolute Gasteiger partial charge is 0.160 e. The van der Waals surface area contributed by atoms with Gasteiger partial charge in [0.05, 0.1) is 7.11 Å². The van der Waals surface area contributed by atoms with E-state index in [1.165, 1.54) is 0 Å². The summed E-state index contributed by atoms with van der Waals surface area (Å²) in [5, 5.41) is 13.1. The second kappa shape index (κ2) is 7.36. The van der Waals surface area contributed by atoms with Gasteiger partial charge in [0.2, 0.25) is 0 Å². The highest BCUT2D eigenvalue weighted by Crippen LogP contribution is 2.26. The van der Waals surface area contributed by atoms with Crippen molar-refractivity contribution in [3.8, 4) is 11.5 Å². The molecule has 4 nitrogen and oxygen atoms in total. The third kappa shape index (κ3) is 5.49. The largest absolute Gasteiger partial charge is 0.504 e. The molecule has 4 heteroatoms. The summed E-state index contributed by atoms with van der Waals surface area (Å²) in [6.45, 7) is 6.84. The van der Waals surface area contributed by atoms with Crippen LogP contribution in [0, 0.1) is 5.41 Å². The lowest BCUT2D eigenvalue weighted by atomic mass is 9.89. The van der Waals surface area contributed by atoms with E-state index < -0.39 is 0 Å². The highest BCUT2D eigenvalue weighted by molar-refractivity contribution is 5.41. The fourth-order valence-corrected chi connectivity index (χ4v) is 1.86. The number of rotatable bonds is 8. The van der Waals surface area contributed by atoms with Gasteiger partial charge in [-0.3, -0.25) is 0 Å². The number of phenolic OH excluding ortho intramolecular Hbond substituents is 1. The fourth-order valence-electron chi connectivity index (χ4n) is 1.86. The van der Waals surface area contributed by atoms with Crippen molar-refractivity contribution < 1.29 is 14.6 Å². The van der Waals surface area contributed by atoms with Crippen LogP contribution in [0.4, 0.5) is 0 Å². The molecule has 0 aliphatic heterocycles. The molecule has 0 spiro atoms. The first kappa shape index (κ1) is 15.8. The van der Waals surface area contributed by atoms with E-state index in [1.54, 1.807) is 26.4 Å². The summed E-state index contributed by atoms with van der Waals surface area (Å²) < 4.78 is 10.1. The molecule has 1 rings (SSSR count). The summed E-state index contributed by atoms with van der Waals surface area (Å²) in [4.78, 5) is 0. The Bertz CT molecular complexity index is 391. The number of hydrogen-bond acceptors (Lipinski definition) is 4. The molecule has 0 saturated heterocycles. The summed E-state index contributed by atoms with van der Waals surface area (Å²) >= 11 is 0. The van der Waals surface area contributed by atoms with Gasteiger partial charge >= 0.3 is 0 Å². The minimum absolute atomic E-state index is 0.181. The van der Waals surface area contributed by atoms with Crippen LogP contribution in [-0.4, -0.2) is 32.5 Å². The molecule has 1 aromatic rings. The van der Waals surface area contributed by atoms with Crippen molar-refractivity contribution in [1.29, 1.82) is 0 Å². The van der Waals surface area contributed by atoms with Gasteiger partial charge in [-0.05, 0) is 29.5 Å². The van der Waals surface area contributed by atoms with Crippen molar-refractivity contribution in [3.05, 3.63) is 23.8 Å². The molecule has 0 atom stereocenters. The zero-order valence-electron chi connectivity index (χ0n) is 12.3. The maximum atomic E-state index is 9.70. The Labute approximate surface area is 115 Å². The van der Waals surface area contributed by atoms with E-state index in [0.717, 1.165) is 31.7 Å². The van der Waals surface area contributed by atoms with Gasteiger partial charge < -0.3 is 19.9 Å². The van der Waals surface area contributed by atoms with Gasteiger partial charge in [0, 0.05) is 26.8 Å². The van der Waals surface area contributed by atoms with Gasteiger partial charge in [0.25, 0.3) is 0 Å². The van der Waals surface area contributed by atoms with Crippen molar-refractivity contribution in [2.75, 3.05) is 27.4 Å². The zero-order valence-corrected chi connectivity index (χ0v) is 12.3. The van der Waals surface area contributed by atoms with Crippen LogP contribution in [0.25, 0.3) is 0 Å². The predicted molar refractivity (Wildman–Crippen MR) is 76.6 cm³/mol. The third-order valence-electron chi connectivity index (χ3n) is 3.16. The van der Waals surface area contributed by atoms with Gasteiger partial charge in [0.15, 0.2) is 11.5 Å². The van der Waals surface area contributed by atoms with E-state index in [-0.39, 0.29) is 11.2 Å². The molecule has 0 amide bonds. The van der Waals surface area contributed by atoms with Crippen molar-refractivity contribution in [1.82, 2.24) is 5.32 Å². The molecule has 0 aliphatic carbocycles. The minimum Gasteiger partial charge on any atom is -0.504 e. The topological polar surface area (TPSA) is 50.7 Å². The molecular weight excluding hydrogens is 242 g/mol. The van der Waals surface area contributed by atoms with Gasteiger partial charge in [-0.2, -0.15) is 0 Å². The lowest BCUT2D eigenvalue weighted by molar-refractivity contribution is 0.150. The van der Waals surface area contributed by atoms with Gasteiger partial charge in [-0.25, -0.2) is 0 Å². The Morgan fingerprint density at radius 2 is 2.00 bits per heavy atom. The Hall–Kier alpha value is -1.26. The molecule has 0 unspecified atom stereocenters. The number of ether oxygens (including phenoxy) is 2. The van der Waals surface area contributed by atoms with E-state index >= 15 is 0 Å². The highest BCUT2D eigenvalue weighted by atomic mass is 16.5. The Balaban J connectivity index is 2.42.